The predicted molar refractivity (Wildman–Crippen MR) is 103 cm³/mol. The Morgan fingerprint density at radius 3 is 2.73 bits per heavy atom. The van der Waals surface area contributed by atoms with E-state index in [1.165, 1.54) is 0 Å². The van der Waals surface area contributed by atoms with Crippen molar-refractivity contribution in [2.75, 3.05) is 11.9 Å². The maximum absolute atomic E-state index is 6.35. The van der Waals surface area contributed by atoms with E-state index in [1.807, 2.05) is 30.3 Å². The topological polar surface area (TPSA) is 53.9 Å². The highest BCUT2D eigenvalue weighted by Crippen LogP contribution is 2.33. The quantitative estimate of drug-likeness (QED) is 0.715. The Morgan fingerprint density at radius 2 is 1.88 bits per heavy atom. The third-order valence-corrected chi connectivity index (χ3v) is 4.98. The molecule has 1 aromatic carbocycles. The Labute approximate surface area is 158 Å². The summed E-state index contributed by atoms with van der Waals surface area (Å²) in [6.07, 6.45) is 5.68. The molecule has 0 bridgehead atoms. The van der Waals surface area contributed by atoms with E-state index in [4.69, 9.17) is 16.6 Å². The molecule has 4 rings (SSSR count). The molecule has 0 saturated carbocycles. The van der Waals surface area contributed by atoms with Crippen LogP contribution in [0.2, 0.25) is 5.02 Å². The molecular formula is C20H20ClN5. The van der Waals surface area contributed by atoms with Gasteiger partial charge in [0.25, 0.3) is 0 Å². The fourth-order valence-electron chi connectivity index (χ4n) is 3.38. The van der Waals surface area contributed by atoms with Gasteiger partial charge in [0.1, 0.15) is 5.82 Å². The van der Waals surface area contributed by atoms with E-state index in [0.29, 0.717) is 12.0 Å². The highest BCUT2D eigenvalue weighted by Gasteiger charge is 2.27. The maximum Gasteiger partial charge on any atom is 0.228 e. The molecule has 0 unspecified atom stereocenters. The lowest BCUT2D eigenvalue weighted by Crippen LogP contribution is -2.23. The first-order valence-electron chi connectivity index (χ1n) is 8.78. The van der Waals surface area contributed by atoms with E-state index in [9.17, 15) is 0 Å². The number of nitrogens with one attached hydrogen (secondary N) is 1. The molecule has 26 heavy (non-hydrogen) atoms. The molecule has 2 aromatic heterocycles. The number of anilines is 2. The predicted octanol–water partition coefficient (Wildman–Crippen LogP) is 4.61. The molecule has 1 aliphatic rings. The third kappa shape index (κ3) is 3.84. The van der Waals surface area contributed by atoms with E-state index in [-0.39, 0.29) is 0 Å². The lowest BCUT2D eigenvalue weighted by atomic mass is 10.1. The number of hydrogen-bond donors (Lipinski definition) is 1. The fourth-order valence-corrected chi connectivity index (χ4v) is 3.58. The minimum absolute atomic E-state index is 0.296. The molecule has 5 nitrogen and oxygen atoms in total. The second-order valence-corrected chi connectivity index (χ2v) is 6.77. The van der Waals surface area contributed by atoms with Crippen LogP contribution in [0.15, 0.2) is 60.9 Å². The molecule has 132 valence electrons. The molecule has 1 atom stereocenters. The summed E-state index contributed by atoms with van der Waals surface area (Å²) in [5.74, 6) is 1.31. The van der Waals surface area contributed by atoms with Crippen molar-refractivity contribution >= 4 is 23.4 Å². The minimum atomic E-state index is 0.296. The molecule has 1 saturated heterocycles. The first kappa shape index (κ1) is 16.9. The summed E-state index contributed by atoms with van der Waals surface area (Å²) in [5.41, 5.74) is 2.23. The van der Waals surface area contributed by atoms with E-state index in [0.717, 1.165) is 48.0 Å². The van der Waals surface area contributed by atoms with Gasteiger partial charge in [0.15, 0.2) is 0 Å². The normalized spacial score (nSPS) is 17.3. The second-order valence-electron chi connectivity index (χ2n) is 6.37. The van der Waals surface area contributed by atoms with E-state index in [1.54, 1.807) is 18.5 Å². The van der Waals surface area contributed by atoms with Crippen LogP contribution in [0.4, 0.5) is 11.8 Å². The van der Waals surface area contributed by atoms with Crippen molar-refractivity contribution in [3.8, 4) is 0 Å². The molecule has 0 radical (unpaired) electrons. The number of benzene rings is 1. The van der Waals surface area contributed by atoms with Gasteiger partial charge in [-0.2, -0.15) is 0 Å². The zero-order chi connectivity index (χ0) is 17.8. The maximum atomic E-state index is 6.35. The molecule has 1 fully saturated rings. The smallest absolute Gasteiger partial charge is 0.228 e. The summed E-state index contributed by atoms with van der Waals surface area (Å²) in [4.78, 5) is 15.6. The van der Waals surface area contributed by atoms with Crippen molar-refractivity contribution in [2.24, 2.45) is 0 Å². The number of aromatic nitrogens is 3. The van der Waals surface area contributed by atoms with Crippen molar-refractivity contribution in [2.45, 2.75) is 25.4 Å². The molecule has 0 aliphatic carbocycles. The Balaban J connectivity index is 1.52. The lowest BCUT2D eigenvalue weighted by Gasteiger charge is -2.25. The van der Waals surface area contributed by atoms with Gasteiger partial charge < -0.3 is 5.32 Å². The van der Waals surface area contributed by atoms with Gasteiger partial charge in [0, 0.05) is 24.0 Å². The van der Waals surface area contributed by atoms with Crippen molar-refractivity contribution in [1.82, 2.24) is 19.9 Å². The van der Waals surface area contributed by atoms with Gasteiger partial charge in [-0.3, -0.25) is 4.90 Å². The standard InChI is InChI=1S/C20H20ClN5/c21-16-7-2-1-6-15(16)14-26-13-4-9-18(26)17-8-3-10-19(24-17)25-20-22-11-5-12-23-20/h1-3,5-8,10-12,18H,4,9,13-14H2,(H,22,23,24,25)/t18-/m1/s1. The van der Waals surface area contributed by atoms with Crippen LogP contribution < -0.4 is 5.32 Å². The zero-order valence-corrected chi connectivity index (χ0v) is 15.1. The van der Waals surface area contributed by atoms with Crippen LogP contribution in [0.3, 0.4) is 0 Å². The highest BCUT2D eigenvalue weighted by atomic mass is 35.5. The van der Waals surface area contributed by atoms with Crippen LogP contribution in [0.25, 0.3) is 0 Å². The first-order chi connectivity index (χ1) is 12.8. The van der Waals surface area contributed by atoms with E-state index in [2.05, 4.69) is 32.3 Å². The molecule has 1 aliphatic heterocycles. The van der Waals surface area contributed by atoms with E-state index < -0.39 is 0 Å². The molecule has 6 heteroatoms. The molecule has 0 spiro atoms. The number of rotatable bonds is 5. The Morgan fingerprint density at radius 1 is 1.04 bits per heavy atom. The molecule has 3 aromatic rings. The number of halogens is 1. The lowest BCUT2D eigenvalue weighted by molar-refractivity contribution is 0.244. The Kier molecular flexibility index (Phi) is 5.09. The summed E-state index contributed by atoms with van der Waals surface area (Å²) in [6, 6.07) is 16.2. The van der Waals surface area contributed by atoms with Crippen LogP contribution in [0.1, 0.15) is 30.1 Å². The zero-order valence-electron chi connectivity index (χ0n) is 14.3. The fraction of sp³-hybridized carbons (Fsp3) is 0.250. The summed E-state index contributed by atoms with van der Waals surface area (Å²) >= 11 is 6.35. The second kappa shape index (κ2) is 7.81. The third-order valence-electron chi connectivity index (χ3n) is 4.61. The Hall–Kier alpha value is -2.50. The van der Waals surface area contributed by atoms with Gasteiger partial charge in [0.2, 0.25) is 5.95 Å². The van der Waals surface area contributed by atoms with Crippen LogP contribution in [-0.4, -0.2) is 26.4 Å². The number of likely N-dealkylation sites (tertiary alicyclic amines) is 1. The van der Waals surface area contributed by atoms with Crippen LogP contribution in [0, 0.1) is 0 Å². The number of nitrogens with zero attached hydrogens (tertiary/aromatic N) is 4. The van der Waals surface area contributed by atoms with Crippen molar-refractivity contribution < 1.29 is 0 Å². The minimum Gasteiger partial charge on any atom is -0.309 e. The molecule has 1 N–H and O–H groups in total. The van der Waals surface area contributed by atoms with Crippen LogP contribution >= 0.6 is 11.6 Å². The number of hydrogen-bond acceptors (Lipinski definition) is 5. The largest absolute Gasteiger partial charge is 0.309 e. The van der Waals surface area contributed by atoms with Crippen molar-refractivity contribution in [3.05, 3.63) is 77.2 Å². The summed E-state index contributed by atoms with van der Waals surface area (Å²) in [5, 5.41) is 3.99. The van der Waals surface area contributed by atoms with Crippen molar-refractivity contribution in [1.29, 1.82) is 0 Å². The number of pyridine rings is 1. The van der Waals surface area contributed by atoms with Gasteiger partial charge in [0.05, 0.1) is 11.7 Å². The SMILES string of the molecule is Clc1ccccc1CN1CCC[C@@H]1c1cccc(Nc2ncccn2)n1. The van der Waals surface area contributed by atoms with Gasteiger partial charge in [-0.25, -0.2) is 15.0 Å². The van der Waals surface area contributed by atoms with Gasteiger partial charge >= 0.3 is 0 Å². The average molecular weight is 366 g/mol. The van der Waals surface area contributed by atoms with E-state index >= 15 is 0 Å². The summed E-state index contributed by atoms with van der Waals surface area (Å²) in [6.45, 7) is 1.89. The van der Waals surface area contributed by atoms with Gasteiger partial charge in [-0.05, 0) is 49.2 Å². The first-order valence-corrected chi connectivity index (χ1v) is 9.16. The summed E-state index contributed by atoms with van der Waals surface area (Å²) in [7, 11) is 0. The molecule has 0 amide bonds. The molecular weight excluding hydrogens is 346 g/mol. The van der Waals surface area contributed by atoms with Crippen molar-refractivity contribution in [3.63, 3.8) is 0 Å². The summed E-state index contributed by atoms with van der Waals surface area (Å²) < 4.78 is 0. The van der Waals surface area contributed by atoms with Crippen LogP contribution in [0.5, 0.6) is 0 Å². The molecule has 3 heterocycles. The van der Waals surface area contributed by atoms with Gasteiger partial charge in [-0.15, -0.1) is 0 Å². The average Bonchev–Trinajstić information content (AvgIpc) is 3.13. The Bertz CT molecular complexity index is 871. The van der Waals surface area contributed by atoms with Gasteiger partial charge in [-0.1, -0.05) is 35.9 Å². The highest BCUT2D eigenvalue weighted by molar-refractivity contribution is 6.31. The van der Waals surface area contributed by atoms with Crippen LogP contribution in [-0.2, 0) is 6.54 Å². The monoisotopic (exact) mass is 365 g/mol.